The molecule has 1 aliphatic rings. The molecule has 2 heterocycles. The molecule has 0 atom stereocenters. The number of aromatic nitrogens is 1. The summed E-state index contributed by atoms with van der Waals surface area (Å²) in [6.45, 7) is 11.0. The van der Waals surface area contributed by atoms with E-state index in [4.69, 9.17) is 4.74 Å². The number of ether oxygens (including phenoxy) is 1. The summed E-state index contributed by atoms with van der Waals surface area (Å²) in [7, 11) is 0. The van der Waals surface area contributed by atoms with Crippen LogP contribution in [0.3, 0.4) is 0 Å². The first-order valence-electron chi connectivity index (χ1n) is 7.15. The van der Waals surface area contributed by atoms with Gasteiger partial charge in [0.2, 0.25) is 0 Å². The third-order valence-corrected chi connectivity index (χ3v) is 3.32. The monoisotopic (exact) mass is 263 g/mol. The summed E-state index contributed by atoms with van der Waals surface area (Å²) in [4.78, 5) is 6.81. The van der Waals surface area contributed by atoms with Gasteiger partial charge in [-0.05, 0) is 44.5 Å². The third-order valence-electron chi connectivity index (χ3n) is 3.32. The highest BCUT2D eigenvalue weighted by Gasteiger charge is 2.27. The van der Waals surface area contributed by atoms with Gasteiger partial charge in [-0.25, -0.2) is 4.98 Å². The van der Waals surface area contributed by atoms with Crippen molar-refractivity contribution in [3.05, 3.63) is 23.9 Å². The smallest absolute Gasteiger partial charge is 0.128 e. The van der Waals surface area contributed by atoms with Crippen molar-refractivity contribution in [3.8, 4) is 0 Å². The van der Waals surface area contributed by atoms with Crippen molar-refractivity contribution in [3.63, 3.8) is 0 Å². The first-order chi connectivity index (χ1) is 9.11. The van der Waals surface area contributed by atoms with Crippen LogP contribution in [-0.2, 0) is 11.3 Å². The van der Waals surface area contributed by atoms with E-state index in [-0.39, 0.29) is 5.60 Å². The Balaban J connectivity index is 2.01. The number of nitrogens with zero attached hydrogens (tertiary/aromatic N) is 2. The molecule has 0 aromatic carbocycles. The number of hydrogen-bond acceptors (Lipinski definition) is 4. The van der Waals surface area contributed by atoms with E-state index < -0.39 is 0 Å². The molecule has 0 spiro atoms. The maximum Gasteiger partial charge on any atom is 0.128 e. The molecule has 0 bridgehead atoms. The standard InChI is InChI=1S/C15H25N3O/c1-4-6-16-11-13-5-7-17-14(10-13)18-8-9-19-15(2,3)12-18/h5,7,10,16H,4,6,8-9,11-12H2,1-3H3. The third kappa shape index (κ3) is 4.18. The zero-order valence-electron chi connectivity index (χ0n) is 12.3. The maximum atomic E-state index is 5.74. The zero-order valence-corrected chi connectivity index (χ0v) is 12.3. The second-order valence-corrected chi connectivity index (χ2v) is 5.73. The van der Waals surface area contributed by atoms with E-state index in [9.17, 15) is 0 Å². The number of rotatable bonds is 5. The summed E-state index contributed by atoms with van der Waals surface area (Å²) in [5.74, 6) is 1.06. The normalized spacial score (nSPS) is 18.6. The molecule has 19 heavy (non-hydrogen) atoms. The number of anilines is 1. The summed E-state index contributed by atoms with van der Waals surface area (Å²) >= 11 is 0. The molecule has 106 valence electrons. The summed E-state index contributed by atoms with van der Waals surface area (Å²) in [5, 5.41) is 3.43. The number of morpholine rings is 1. The molecule has 0 radical (unpaired) electrons. The van der Waals surface area contributed by atoms with E-state index in [1.54, 1.807) is 0 Å². The van der Waals surface area contributed by atoms with Gasteiger partial charge in [-0.15, -0.1) is 0 Å². The lowest BCUT2D eigenvalue weighted by Crippen LogP contribution is -2.48. The van der Waals surface area contributed by atoms with Gasteiger partial charge in [0.15, 0.2) is 0 Å². The van der Waals surface area contributed by atoms with Gasteiger partial charge >= 0.3 is 0 Å². The molecule has 0 saturated carbocycles. The minimum absolute atomic E-state index is 0.0869. The topological polar surface area (TPSA) is 37.4 Å². The molecule has 1 aromatic rings. The fourth-order valence-electron chi connectivity index (χ4n) is 2.36. The molecule has 0 unspecified atom stereocenters. The van der Waals surface area contributed by atoms with Gasteiger partial charge in [0, 0.05) is 25.8 Å². The van der Waals surface area contributed by atoms with Crippen LogP contribution in [0.2, 0.25) is 0 Å². The summed E-state index contributed by atoms with van der Waals surface area (Å²) in [6.07, 6.45) is 3.07. The van der Waals surface area contributed by atoms with Crippen molar-refractivity contribution in [2.24, 2.45) is 0 Å². The minimum atomic E-state index is -0.0869. The van der Waals surface area contributed by atoms with E-state index in [1.807, 2.05) is 6.20 Å². The Morgan fingerprint density at radius 2 is 2.32 bits per heavy atom. The Kier molecular flexibility index (Phi) is 4.77. The predicted octanol–water partition coefficient (Wildman–Crippen LogP) is 2.20. The van der Waals surface area contributed by atoms with Crippen molar-refractivity contribution >= 4 is 5.82 Å². The molecule has 1 aliphatic heterocycles. The molecule has 0 amide bonds. The molecular formula is C15H25N3O. The Morgan fingerprint density at radius 3 is 3.05 bits per heavy atom. The van der Waals surface area contributed by atoms with Gasteiger partial charge in [0.25, 0.3) is 0 Å². The summed E-state index contributed by atoms with van der Waals surface area (Å²) in [5.41, 5.74) is 1.21. The predicted molar refractivity (Wildman–Crippen MR) is 78.5 cm³/mol. The summed E-state index contributed by atoms with van der Waals surface area (Å²) < 4.78 is 5.74. The first kappa shape index (κ1) is 14.3. The Bertz CT molecular complexity index is 406. The SMILES string of the molecule is CCCNCc1ccnc(N2CCOC(C)(C)C2)c1. The van der Waals surface area contributed by atoms with E-state index in [1.165, 1.54) is 5.56 Å². The van der Waals surface area contributed by atoms with Crippen LogP contribution in [0.1, 0.15) is 32.8 Å². The second-order valence-electron chi connectivity index (χ2n) is 5.73. The van der Waals surface area contributed by atoms with Crippen LogP contribution in [0.15, 0.2) is 18.3 Å². The van der Waals surface area contributed by atoms with Gasteiger partial charge in [-0.1, -0.05) is 6.92 Å². The first-order valence-corrected chi connectivity index (χ1v) is 7.15. The van der Waals surface area contributed by atoms with Gasteiger partial charge in [-0.3, -0.25) is 0 Å². The van der Waals surface area contributed by atoms with E-state index in [0.717, 1.165) is 45.0 Å². The van der Waals surface area contributed by atoms with Crippen molar-refractivity contribution in [1.82, 2.24) is 10.3 Å². The quantitative estimate of drug-likeness (QED) is 0.826. The molecule has 4 heteroatoms. The molecule has 2 rings (SSSR count). The largest absolute Gasteiger partial charge is 0.372 e. The number of pyridine rings is 1. The van der Waals surface area contributed by atoms with E-state index >= 15 is 0 Å². The van der Waals surface area contributed by atoms with Crippen molar-refractivity contribution in [2.75, 3.05) is 31.1 Å². The van der Waals surface area contributed by atoms with E-state index in [2.05, 4.69) is 48.1 Å². The van der Waals surface area contributed by atoms with Crippen LogP contribution in [0, 0.1) is 0 Å². The van der Waals surface area contributed by atoms with Crippen LogP contribution >= 0.6 is 0 Å². The highest BCUT2D eigenvalue weighted by atomic mass is 16.5. The average molecular weight is 263 g/mol. The van der Waals surface area contributed by atoms with Crippen LogP contribution < -0.4 is 10.2 Å². The Labute approximate surface area is 116 Å². The Hall–Kier alpha value is -1.13. The Morgan fingerprint density at radius 1 is 1.47 bits per heavy atom. The molecule has 1 fully saturated rings. The fourth-order valence-corrected chi connectivity index (χ4v) is 2.36. The minimum Gasteiger partial charge on any atom is -0.372 e. The molecule has 4 nitrogen and oxygen atoms in total. The van der Waals surface area contributed by atoms with Gasteiger partial charge < -0.3 is 15.0 Å². The lowest BCUT2D eigenvalue weighted by molar-refractivity contribution is -0.0279. The van der Waals surface area contributed by atoms with E-state index in [0.29, 0.717) is 0 Å². The fraction of sp³-hybridized carbons (Fsp3) is 0.667. The zero-order chi connectivity index (χ0) is 13.7. The average Bonchev–Trinajstić information content (AvgIpc) is 2.38. The second kappa shape index (κ2) is 6.35. The highest BCUT2D eigenvalue weighted by Crippen LogP contribution is 2.21. The van der Waals surface area contributed by atoms with Gasteiger partial charge in [0.1, 0.15) is 5.82 Å². The van der Waals surface area contributed by atoms with Crippen LogP contribution in [0.25, 0.3) is 0 Å². The summed E-state index contributed by atoms with van der Waals surface area (Å²) in [6, 6.07) is 4.27. The number of hydrogen-bond donors (Lipinski definition) is 1. The van der Waals surface area contributed by atoms with Crippen molar-refractivity contribution in [2.45, 2.75) is 39.3 Å². The molecule has 1 N–H and O–H groups in total. The van der Waals surface area contributed by atoms with Crippen molar-refractivity contribution < 1.29 is 4.74 Å². The maximum absolute atomic E-state index is 5.74. The molecule has 0 aliphatic carbocycles. The van der Waals surface area contributed by atoms with Crippen molar-refractivity contribution in [1.29, 1.82) is 0 Å². The molecule has 1 saturated heterocycles. The van der Waals surface area contributed by atoms with Crippen LogP contribution in [0.4, 0.5) is 5.82 Å². The van der Waals surface area contributed by atoms with Gasteiger partial charge in [-0.2, -0.15) is 0 Å². The highest BCUT2D eigenvalue weighted by molar-refractivity contribution is 5.42. The van der Waals surface area contributed by atoms with Crippen LogP contribution in [-0.4, -0.2) is 36.8 Å². The molecule has 1 aromatic heterocycles. The lowest BCUT2D eigenvalue weighted by atomic mass is 10.1. The van der Waals surface area contributed by atoms with Gasteiger partial charge in [0.05, 0.1) is 12.2 Å². The number of nitrogens with one attached hydrogen (secondary N) is 1. The lowest BCUT2D eigenvalue weighted by Gasteiger charge is -2.38. The van der Waals surface area contributed by atoms with Crippen LogP contribution in [0.5, 0.6) is 0 Å². The molecular weight excluding hydrogens is 238 g/mol.